The molecule has 2 aromatic rings. The molecule has 0 radical (unpaired) electrons. The van der Waals surface area contributed by atoms with E-state index < -0.39 is 0 Å². The summed E-state index contributed by atoms with van der Waals surface area (Å²) in [5, 5.41) is 2.98. The van der Waals surface area contributed by atoms with Crippen molar-refractivity contribution in [3.63, 3.8) is 0 Å². The number of carbonyl (C=O) groups is 2. The third-order valence-electron chi connectivity index (χ3n) is 6.20. The van der Waals surface area contributed by atoms with E-state index in [1.54, 1.807) is 26.4 Å². The van der Waals surface area contributed by atoms with Crippen LogP contribution in [0, 0.1) is 0 Å². The van der Waals surface area contributed by atoms with E-state index in [2.05, 4.69) is 10.2 Å². The minimum absolute atomic E-state index is 0.0678. The van der Waals surface area contributed by atoms with Crippen molar-refractivity contribution in [3.8, 4) is 11.5 Å². The van der Waals surface area contributed by atoms with Gasteiger partial charge in [0.1, 0.15) is 6.17 Å². The van der Waals surface area contributed by atoms with E-state index in [4.69, 9.17) is 9.47 Å². The van der Waals surface area contributed by atoms with Gasteiger partial charge in [0.2, 0.25) is 0 Å². The Kier molecular flexibility index (Phi) is 6.02. The monoisotopic (exact) mass is 423 g/mol. The van der Waals surface area contributed by atoms with Crippen LogP contribution in [0.25, 0.3) is 0 Å². The van der Waals surface area contributed by atoms with Crippen molar-refractivity contribution in [1.82, 2.24) is 10.2 Å². The maximum Gasteiger partial charge on any atom is 0.257 e. The van der Waals surface area contributed by atoms with Crippen LogP contribution < -0.4 is 19.7 Å². The summed E-state index contributed by atoms with van der Waals surface area (Å²) in [4.78, 5) is 29.7. The second kappa shape index (κ2) is 8.88. The van der Waals surface area contributed by atoms with Crippen LogP contribution >= 0.6 is 0 Å². The Balaban J connectivity index is 1.43. The van der Waals surface area contributed by atoms with Gasteiger partial charge >= 0.3 is 0 Å². The van der Waals surface area contributed by atoms with Gasteiger partial charge in [0.05, 0.1) is 25.5 Å². The molecule has 0 saturated carbocycles. The number of fused-ring (bicyclic) bond motifs is 2. The molecule has 2 heterocycles. The van der Waals surface area contributed by atoms with Crippen molar-refractivity contribution in [2.75, 3.05) is 39.3 Å². The van der Waals surface area contributed by atoms with E-state index in [1.165, 1.54) is 0 Å². The van der Waals surface area contributed by atoms with Crippen LogP contribution in [0.3, 0.4) is 0 Å². The normalized spacial score (nSPS) is 17.6. The predicted octanol–water partition coefficient (Wildman–Crippen LogP) is 3.08. The van der Waals surface area contributed by atoms with Gasteiger partial charge in [0, 0.05) is 25.7 Å². The van der Waals surface area contributed by atoms with Crippen LogP contribution in [0.4, 0.5) is 5.69 Å². The summed E-state index contributed by atoms with van der Waals surface area (Å²) >= 11 is 0. The number of amides is 2. The summed E-state index contributed by atoms with van der Waals surface area (Å²) in [5.74, 6) is 1.28. The fourth-order valence-corrected chi connectivity index (χ4v) is 4.47. The third-order valence-corrected chi connectivity index (χ3v) is 6.20. The van der Waals surface area contributed by atoms with Crippen molar-refractivity contribution in [2.24, 2.45) is 0 Å². The molecule has 0 spiro atoms. The van der Waals surface area contributed by atoms with Gasteiger partial charge in [-0.3, -0.25) is 9.59 Å². The molecule has 1 saturated heterocycles. The van der Waals surface area contributed by atoms with Crippen LogP contribution in [-0.2, 0) is 6.42 Å². The van der Waals surface area contributed by atoms with E-state index in [1.807, 2.05) is 36.2 Å². The Morgan fingerprint density at radius 3 is 2.68 bits per heavy atom. The standard InChI is InChI=1S/C24H29N3O4/c1-26-19-15-17(8-9-18(19)24(29)27-13-5-4-6-22(26)27)23(28)25-12-11-16-7-10-20(30-2)21(14-16)31-3/h7-10,14-15,22H,4-6,11-13H2,1-3H3,(H,25,28)/t22-/m0/s1. The summed E-state index contributed by atoms with van der Waals surface area (Å²) in [6.45, 7) is 1.29. The quantitative estimate of drug-likeness (QED) is 0.773. The molecule has 7 nitrogen and oxygen atoms in total. The van der Waals surface area contributed by atoms with Gasteiger partial charge < -0.3 is 24.6 Å². The van der Waals surface area contributed by atoms with Gasteiger partial charge in [-0.2, -0.15) is 0 Å². The molecule has 164 valence electrons. The average Bonchev–Trinajstić information content (AvgIpc) is 2.82. The number of methoxy groups -OCH3 is 2. The minimum atomic E-state index is -0.143. The third kappa shape index (κ3) is 4.04. The van der Waals surface area contributed by atoms with Crippen molar-refractivity contribution in [3.05, 3.63) is 53.1 Å². The van der Waals surface area contributed by atoms with Gasteiger partial charge in [-0.15, -0.1) is 0 Å². The van der Waals surface area contributed by atoms with E-state index >= 15 is 0 Å². The van der Waals surface area contributed by atoms with Gasteiger partial charge in [-0.1, -0.05) is 6.07 Å². The molecule has 0 bridgehead atoms. The lowest BCUT2D eigenvalue weighted by Crippen LogP contribution is -2.55. The molecule has 1 N–H and O–H groups in total. The largest absolute Gasteiger partial charge is 0.493 e. The van der Waals surface area contributed by atoms with Crippen LogP contribution in [0.1, 0.15) is 45.5 Å². The molecular formula is C24H29N3O4. The van der Waals surface area contributed by atoms with E-state index in [-0.39, 0.29) is 18.0 Å². The lowest BCUT2D eigenvalue weighted by atomic mass is 9.97. The molecule has 0 aromatic heterocycles. The summed E-state index contributed by atoms with van der Waals surface area (Å²) in [7, 11) is 5.22. The number of piperidine rings is 1. The topological polar surface area (TPSA) is 71.1 Å². The fraction of sp³-hybridized carbons (Fsp3) is 0.417. The van der Waals surface area contributed by atoms with Gasteiger partial charge in [-0.05, 0) is 61.6 Å². The Hall–Kier alpha value is -3.22. The highest BCUT2D eigenvalue weighted by Crippen LogP contribution is 2.34. The molecule has 0 unspecified atom stereocenters. The number of benzene rings is 2. The van der Waals surface area contributed by atoms with Crippen LogP contribution in [0.5, 0.6) is 11.5 Å². The number of hydrogen-bond acceptors (Lipinski definition) is 5. The van der Waals surface area contributed by atoms with Crippen LogP contribution in [-0.4, -0.2) is 57.2 Å². The maximum absolute atomic E-state index is 12.9. The highest BCUT2D eigenvalue weighted by Gasteiger charge is 2.37. The molecule has 1 fully saturated rings. The van der Waals surface area contributed by atoms with Crippen molar-refractivity contribution < 1.29 is 19.1 Å². The van der Waals surface area contributed by atoms with E-state index in [0.717, 1.165) is 37.1 Å². The first-order valence-corrected chi connectivity index (χ1v) is 10.7. The van der Waals surface area contributed by atoms with Gasteiger partial charge in [-0.25, -0.2) is 0 Å². The first kappa shape index (κ1) is 21.0. The number of rotatable bonds is 6. The fourth-order valence-electron chi connectivity index (χ4n) is 4.47. The van der Waals surface area contributed by atoms with Crippen molar-refractivity contribution >= 4 is 17.5 Å². The summed E-state index contributed by atoms with van der Waals surface area (Å²) in [5.41, 5.74) is 3.12. The zero-order valence-corrected chi connectivity index (χ0v) is 18.3. The first-order chi connectivity index (χ1) is 15.0. The van der Waals surface area contributed by atoms with Crippen LogP contribution in [0.15, 0.2) is 36.4 Å². The minimum Gasteiger partial charge on any atom is -0.493 e. The molecule has 31 heavy (non-hydrogen) atoms. The second-order valence-electron chi connectivity index (χ2n) is 8.01. The molecule has 2 amide bonds. The highest BCUT2D eigenvalue weighted by molar-refractivity contribution is 6.04. The molecule has 2 aliphatic rings. The van der Waals surface area contributed by atoms with Gasteiger partial charge in [0.15, 0.2) is 11.5 Å². The zero-order valence-electron chi connectivity index (χ0n) is 18.3. The maximum atomic E-state index is 12.9. The Bertz CT molecular complexity index is 991. The Morgan fingerprint density at radius 2 is 1.90 bits per heavy atom. The number of nitrogens with zero attached hydrogens (tertiary/aromatic N) is 2. The van der Waals surface area contributed by atoms with Gasteiger partial charge in [0.25, 0.3) is 11.8 Å². The molecule has 7 heteroatoms. The number of ether oxygens (including phenoxy) is 2. The summed E-state index contributed by atoms with van der Waals surface area (Å²) < 4.78 is 10.6. The number of hydrogen-bond donors (Lipinski definition) is 1. The Morgan fingerprint density at radius 1 is 1.10 bits per heavy atom. The molecule has 2 aromatic carbocycles. The number of nitrogens with one attached hydrogen (secondary N) is 1. The molecule has 4 rings (SSSR count). The molecule has 2 aliphatic heterocycles. The molecule has 0 aliphatic carbocycles. The van der Waals surface area contributed by atoms with E-state index in [0.29, 0.717) is 35.6 Å². The zero-order chi connectivity index (χ0) is 22.0. The average molecular weight is 424 g/mol. The lowest BCUT2D eigenvalue weighted by Gasteiger charge is -2.46. The van der Waals surface area contributed by atoms with Crippen LogP contribution in [0.2, 0.25) is 0 Å². The molecular weight excluding hydrogens is 394 g/mol. The second-order valence-corrected chi connectivity index (χ2v) is 8.01. The highest BCUT2D eigenvalue weighted by atomic mass is 16.5. The predicted molar refractivity (Wildman–Crippen MR) is 119 cm³/mol. The lowest BCUT2D eigenvalue weighted by molar-refractivity contribution is 0.0589. The summed E-state index contributed by atoms with van der Waals surface area (Å²) in [6.07, 6.45) is 3.88. The molecule has 1 atom stereocenters. The first-order valence-electron chi connectivity index (χ1n) is 10.7. The van der Waals surface area contributed by atoms with Crippen molar-refractivity contribution in [2.45, 2.75) is 31.8 Å². The SMILES string of the molecule is COc1ccc(CCNC(=O)c2ccc3c(c2)N(C)[C@@H]2CCCCN2C3=O)cc1OC. The summed E-state index contributed by atoms with van der Waals surface area (Å²) in [6, 6.07) is 11.1. The Labute approximate surface area is 182 Å². The van der Waals surface area contributed by atoms with E-state index in [9.17, 15) is 9.59 Å². The number of anilines is 1. The van der Waals surface area contributed by atoms with Crippen molar-refractivity contribution in [1.29, 1.82) is 0 Å². The smallest absolute Gasteiger partial charge is 0.257 e. The number of carbonyl (C=O) groups excluding carboxylic acids is 2.